The summed E-state index contributed by atoms with van der Waals surface area (Å²) >= 11 is 0. The van der Waals surface area contributed by atoms with Gasteiger partial charge in [0.2, 0.25) is 6.71 Å². The van der Waals surface area contributed by atoms with Crippen LogP contribution in [0.15, 0.2) is 176 Å². The summed E-state index contributed by atoms with van der Waals surface area (Å²) in [5.74, 6) is 0.943. The van der Waals surface area contributed by atoms with Gasteiger partial charge in [-0.1, -0.05) is 188 Å². The maximum Gasteiger partial charge on any atom is 0.241 e. The fourth-order valence-corrected chi connectivity index (χ4v) is 8.99. The second-order valence-electron chi connectivity index (χ2n) is 19.9. The molecule has 0 aliphatic carbocycles. The Bertz CT molecular complexity index is 2900. The number of hydrogen-bond acceptors (Lipinski definition) is 3. The summed E-state index contributed by atoms with van der Waals surface area (Å²) in [6.07, 6.45) is 4.34. The van der Waals surface area contributed by atoms with Crippen LogP contribution in [0.2, 0.25) is 0 Å². The van der Waals surface area contributed by atoms with E-state index in [-0.39, 0.29) is 23.0 Å². The fourth-order valence-electron chi connectivity index (χ4n) is 8.99. The Labute approximate surface area is 363 Å². The number of fused-ring (bicyclic) bond motifs is 3. The molecule has 1 aliphatic heterocycles. The number of aromatic nitrogens is 2. The van der Waals surface area contributed by atoms with Crippen molar-refractivity contribution < 1.29 is 0 Å². The van der Waals surface area contributed by atoms with Crippen LogP contribution in [0.5, 0.6) is 0 Å². The normalized spacial score (nSPS) is 13.6. The van der Waals surface area contributed by atoms with Gasteiger partial charge in [0.25, 0.3) is 0 Å². The maximum atomic E-state index is 4.98. The molecule has 9 rings (SSSR count). The molecule has 5 heteroatoms. The van der Waals surface area contributed by atoms with Crippen LogP contribution in [0.25, 0.3) is 38.8 Å². The minimum absolute atomic E-state index is 0.000652. The Balaban J connectivity index is 1.16. The Kier molecular flexibility index (Phi) is 10.1. The largest absolute Gasteiger partial charge is 0.328 e. The third kappa shape index (κ3) is 7.79. The van der Waals surface area contributed by atoms with Gasteiger partial charge in [-0.15, -0.1) is 0 Å². The zero-order valence-electron chi connectivity index (χ0n) is 37.2. The molecule has 6 aromatic carbocycles. The molecule has 0 unspecified atom stereocenters. The van der Waals surface area contributed by atoms with Crippen molar-refractivity contribution in [3.63, 3.8) is 0 Å². The van der Waals surface area contributed by atoms with Gasteiger partial charge < -0.3 is 9.80 Å². The molecule has 1 aliphatic rings. The van der Waals surface area contributed by atoms with Crippen LogP contribution < -0.4 is 26.2 Å². The number of anilines is 2. The average molecular weight is 797 g/mol. The third-order valence-corrected chi connectivity index (χ3v) is 12.4. The quantitative estimate of drug-likeness (QED) is 0.150. The van der Waals surface area contributed by atoms with Gasteiger partial charge in [-0.2, -0.15) is 0 Å². The lowest BCUT2D eigenvalue weighted by atomic mass is 9.37. The topological polar surface area (TPSA) is 24.3 Å². The van der Waals surface area contributed by atoms with E-state index >= 15 is 0 Å². The summed E-state index contributed by atoms with van der Waals surface area (Å²) in [6, 6.07) is 58.4. The Morgan fingerprint density at radius 1 is 0.475 bits per heavy atom. The molecule has 0 amide bonds. The SMILES string of the molecule is CC(C)(C)C1=CN(c2cc(-c3ccccc3)cc(C(C)(C)C)c2)CN1c1cccc(B(c2ccccc2)c2ccc3c4ccccc4n(-c4cc(C(C)(C)C)ccn4)c3c2)c1. The number of pyridine rings is 1. The predicted octanol–water partition coefficient (Wildman–Crippen LogP) is 12.1. The third-order valence-electron chi connectivity index (χ3n) is 12.4. The van der Waals surface area contributed by atoms with Crippen molar-refractivity contribution in [2.45, 2.75) is 73.1 Å². The lowest BCUT2D eigenvalue weighted by molar-refractivity contribution is 0.492. The van der Waals surface area contributed by atoms with E-state index in [9.17, 15) is 0 Å². The molecule has 304 valence electrons. The highest BCUT2D eigenvalue weighted by molar-refractivity contribution is 6.95. The van der Waals surface area contributed by atoms with Crippen LogP contribution in [0.4, 0.5) is 11.4 Å². The highest BCUT2D eigenvalue weighted by Crippen LogP contribution is 2.40. The average Bonchev–Trinajstić information content (AvgIpc) is 3.85. The Morgan fingerprint density at radius 3 is 1.85 bits per heavy atom. The van der Waals surface area contributed by atoms with E-state index in [2.05, 4.69) is 241 Å². The number of benzene rings is 6. The molecule has 8 aromatic rings. The van der Waals surface area contributed by atoms with Gasteiger partial charge in [-0.3, -0.25) is 4.57 Å². The predicted molar refractivity (Wildman–Crippen MR) is 263 cm³/mol. The highest BCUT2D eigenvalue weighted by Gasteiger charge is 2.33. The van der Waals surface area contributed by atoms with Crippen LogP contribution in [0, 0.1) is 5.41 Å². The first-order valence-corrected chi connectivity index (χ1v) is 21.8. The number of rotatable bonds is 7. The summed E-state index contributed by atoms with van der Waals surface area (Å²) in [5, 5.41) is 2.46. The second-order valence-corrected chi connectivity index (χ2v) is 19.9. The summed E-state index contributed by atoms with van der Waals surface area (Å²) < 4.78 is 2.36. The molecule has 0 radical (unpaired) electrons. The smallest absolute Gasteiger partial charge is 0.241 e. The molecule has 61 heavy (non-hydrogen) atoms. The van der Waals surface area contributed by atoms with Crippen molar-refractivity contribution >= 4 is 56.3 Å². The molecular weight excluding hydrogens is 739 g/mol. The van der Waals surface area contributed by atoms with Crippen LogP contribution in [0.1, 0.15) is 73.4 Å². The summed E-state index contributed by atoms with van der Waals surface area (Å²) in [6.45, 7) is 21.4. The molecular formula is C56H57BN4. The zero-order chi connectivity index (χ0) is 42.7. The fraction of sp³-hybridized carbons (Fsp3) is 0.232. The summed E-state index contributed by atoms with van der Waals surface area (Å²) in [5.41, 5.74) is 14.8. The monoisotopic (exact) mass is 796 g/mol. The van der Waals surface area contributed by atoms with Crippen LogP contribution >= 0.6 is 0 Å². The molecule has 0 saturated carbocycles. The Morgan fingerprint density at radius 2 is 1.13 bits per heavy atom. The van der Waals surface area contributed by atoms with Crippen LogP contribution in [-0.2, 0) is 10.8 Å². The van der Waals surface area contributed by atoms with Gasteiger partial charge in [0, 0.05) is 45.7 Å². The molecule has 0 saturated heterocycles. The van der Waals surface area contributed by atoms with Gasteiger partial charge in [0.05, 0.1) is 17.7 Å². The van der Waals surface area contributed by atoms with Crippen LogP contribution in [-0.4, -0.2) is 22.9 Å². The first kappa shape index (κ1) is 40.1. The van der Waals surface area contributed by atoms with Gasteiger partial charge in [0.15, 0.2) is 0 Å². The van der Waals surface area contributed by atoms with Crippen LogP contribution in [0.3, 0.4) is 0 Å². The van der Waals surface area contributed by atoms with Crippen molar-refractivity contribution in [2.75, 3.05) is 16.5 Å². The minimum atomic E-state index is -0.0930. The van der Waals surface area contributed by atoms with Gasteiger partial charge in [-0.05, 0) is 81.6 Å². The number of para-hydroxylation sites is 1. The van der Waals surface area contributed by atoms with E-state index in [1.165, 1.54) is 66.5 Å². The number of nitrogens with zero attached hydrogens (tertiary/aromatic N) is 4. The molecule has 0 N–H and O–H groups in total. The molecule has 0 fully saturated rings. The first-order chi connectivity index (χ1) is 29.1. The van der Waals surface area contributed by atoms with Crippen molar-refractivity contribution in [3.05, 3.63) is 187 Å². The van der Waals surface area contributed by atoms with Gasteiger partial charge >= 0.3 is 0 Å². The molecule has 3 heterocycles. The lowest BCUT2D eigenvalue weighted by Gasteiger charge is -2.31. The molecule has 0 spiro atoms. The zero-order valence-corrected chi connectivity index (χ0v) is 37.2. The molecule has 4 nitrogen and oxygen atoms in total. The van der Waals surface area contributed by atoms with Crippen molar-refractivity contribution in [2.24, 2.45) is 5.41 Å². The van der Waals surface area contributed by atoms with Gasteiger partial charge in [-0.25, -0.2) is 4.98 Å². The molecule has 2 aromatic heterocycles. The van der Waals surface area contributed by atoms with Crippen molar-refractivity contribution in [1.29, 1.82) is 0 Å². The van der Waals surface area contributed by atoms with E-state index < -0.39 is 0 Å². The molecule has 0 atom stereocenters. The second kappa shape index (κ2) is 15.3. The van der Waals surface area contributed by atoms with E-state index in [1.807, 2.05) is 6.20 Å². The van der Waals surface area contributed by atoms with E-state index in [1.54, 1.807) is 0 Å². The summed E-state index contributed by atoms with van der Waals surface area (Å²) in [7, 11) is 0. The van der Waals surface area contributed by atoms with E-state index in [0.29, 0.717) is 0 Å². The van der Waals surface area contributed by atoms with Crippen molar-refractivity contribution in [3.8, 4) is 16.9 Å². The maximum absolute atomic E-state index is 4.98. The van der Waals surface area contributed by atoms with E-state index in [0.717, 1.165) is 23.5 Å². The van der Waals surface area contributed by atoms with Crippen molar-refractivity contribution in [1.82, 2.24) is 9.55 Å². The summed E-state index contributed by atoms with van der Waals surface area (Å²) in [4.78, 5) is 9.95. The highest BCUT2D eigenvalue weighted by atomic mass is 15.4. The van der Waals surface area contributed by atoms with E-state index in [4.69, 9.17) is 4.98 Å². The first-order valence-electron chi connectivity index (χ1n) is 21.8. The Hall–Kier alpha value is -6.33. The number of hydrogen-bond donors (Lipinski definition) is 0. The minimum Gasteiger partial charge on any atom is -0.328 e. The standard InChI is InChI=1S/C56H57BN4/c1-54(2,3)41-29-30-58-53(34-41)61-50-26-17-16-25-48(50)49-28-27-45(36-51(49)61)57(43-21-14-11-15-22-43)44-23-18-24-46(35-44)60-38-59(37-52(60)56(7,8)9)47-32-40(39-19-12-10-13-20-39)31-42(33-47)55(4,5)6/h10-37H,38H2,1-9H3. The van der Waals surface area contributed by atoms with Gasteiger partial charge in [0.1, 0.15) is 5.82 Å². The number of allylic oxidation sites excluding steroid dienone is 1. The lowest BCUT2D eigenvalue weighted by Crippen LogP contribution is -2.52. The molecule has 0 bridgehead atoms.